The Morgan fingerprint density at radius 1 is 1.00 bits per heavy atom. The summed E-state index contributed by atoms with van der Waals surface area (Å²) in [4.78, 5) is 0. The van der Waals surface area contributed by atoms with Crippen molar-refractivity contribution >= 4 is 28.3 Å². The van der Waals surface area contributed by atoms with E-state index in [9.17, 15) is 0 Å². The van der Waals surface area contributed by atoms with Crippen molar-refractivity contribution in [1.82, 2.24) is 0 Å². The van der Waals surface area contributed by atoms with Gasteiger partial charge in [0, 0.05) is 27.5 Å². The minimum atomic E-state index is 0.604. The molecule has 2 rings (SSSR count). The quantitative estimate of drug-likeness (QED) is 0.664. The predicted molar refractivity (Wildman–Crippen MR) is 81.3 cm³/mol. The van der Waals surface area contributed by atoms with Gasteiger partial charge in [0.25, 0.3) is 0 Å². The van der Waals surface area contributed by atoms with Gasteiger partial charge in [-0.25, -0.2) is 0 Å². The number of hydrogen-bond donors (Lipinski definition) is 1. The molecule has 0 heterocycles. The van der Waals surface area contributed by atoms with Crippen molar-refractivity contribution in [2.24, 2.45) is 0 Å². The van der Waals surface area contributed by atoms with Gasteiger partial charge in [0.05, 0.1) is 6.61 Å². The van der Waals surface area contributed by atoms with Gasteiger partial charge < -0.3 is 15.2 Å². The fourth-order valence-electron chi connectivity index (χ4n) is 1.54. The molecule has 2 N–H and O–H groups in total. The highest BCUT2D eigenvalue weighted by Gasteiger charge is 2.02. The lowest BCUT2D eigenvalue weighted by molar-refractivity contribution is 0.338. The number of nitrogen functional groups attached to an aromatic ring is 1. The van der Waals surface area contributed by atoms with Crippen LogP contribution in [0.1, 0.15) is 6.92 Å². The topological polar surface area (TPSA) is 44.5 Å². The molecule has 0 aromatic heterocycles. The molecule has 0 atom stereocenters. The number of nitrogens with two attached hydrogens (primary N) is 1. The number of anilines is 1. The molecule has 0 aliphatic rings. The number of halogens is 1. The highest BCUT2D eigenvalue weighted by Crippen LogP contribution is 2.28. The molecular weight excluding hydrogens is 341 g/mol. The molecule has 0 aliphatic carbocycles. The first kappa shape index (κ1) is 13.0. The van der Waals surface area contributed by atoms with Crippen molar-refractivity contribution < 1.29 is 9.47 Å². The Morgan fingerprint density at radius 3 is 2.33 bits per heavy atom. The molecule has 2 aromatic carbocycles. The van der Waals surface area contributed by atoms with Crippen molar-refractivity contribution in [2.75, 3.05) is 12.3 Å². The van der Waals surface area contributed by atoms with E-state index in [2.05, 4.69) is 22.6 Å². The molecule has 0 bridgehead atoms. The van der Waals surface area contributed by atoms with Crippen LogP contribution in [-0.4, -0.2) is 6.61 Å². The highest BCUT2D eigenvalue weighted by atomic mass is 127. The maximum absolute atomic E-state index is 5.81. The lowest BCUT2D eigenvalue weighted by atomic mass is 10.3. The van der Waals surface area contributed by atoms with E-state index >= 15 is 0 Å². The van der Waals surface area contributed by atoms with Crippen LogP contribution in [0, 0.1) is 3.57 Å². The maximum Gasteiger partial charge on any atom is 0.133 e. The van der Waals surface area contributed by atoms with Crippen LogP contribution in [0.4, 0.5) is 5.69 Å². The Balaban J connectivity index is 2.20. The largest absolute Gasteiger partial charge is 0.494 e. The number of hydrogen-bond acceptors (Lipinski definition) is 3. The second-order valence-corrected chi connectivity index (χ2v) is 4.97. The summed E-state index contributed by atoms with van der Waals surface area (Å²) in [5, 5.41) is 0. The van der Waals surface area contributed by atoms with Gasteiger partial charge >= 0.3 is 0 Å². The summed E-state index contributed by atoms with van der Waals surface area (Å²) in [6.07, 6.45) is 0. The molecule has 2 aromatic rings. The van der Waals surface area contributed by atoms with Crippen LogP contribution in [0.25, 0.3) is 0 Å². The average molecular weight is 355 g/mol. The van der Waals surface area contributed by atoms with Crippen LogP contribution in [-0.2, 0) is 0 Å². The minimum absolute atomic E-state index is 0.604. The van der Waals surface area contributed by atoms with Crippen molar-refractivity contribution in [3.05, 3.63) is 46.0 Å². The summed E-state index contributed by atoms with van der Waals surface area (Å²) in [7, 11) is 0. The van der Waals surface area contributed by atoms with Gasteiger partial charge in [0.15, 0.2) is 0 Å². The lowest BCUT2D eigenvalue weighted by Gasteiger charge is -2.09. The smallest absolute Gasteiger partial charge is 0.133 e. The summed E-state index contributed by atoms with van der Waals surface area (Å²) < 4.78 is 12.3. The van der Waals surface area contributed by atoms with Crippen molar-refractivity contribution in [3.8, 4) is 17.2 Å². The van der Waals surface area contributed by atoms with E-state index in [0.29, 0.717) is 18.0 Å². The van der Waals surface area contributed by atoms with E-state index in [0.717, 1.165) is 11.5 Å². The van der Waals surface area contributed by atoms with Crippen molar-refractivity contribution in [2.45, 2.75) is 6.92 Å². The van der Waals surface area contributed by atoms with Crippen LogP contribution in [0.15, 0.2) is 42.5 Å². The van der Waals surface area contributed by atoms with E-state index in [1.807, 2.05) is 37.3 Å². The molecule has 0 amide bonds. The van der Waals surface area contributed by atoms with Crippen LogP contribution in [0.5, 0.6) is 17.2 Å². The zero-order valence-electron chi connectivity index (χ0n) is 10.0. The Hall–Kier alpha value is -1.43. The fraction of sp³-hybridized carbons (Fsp3) is 0.143. The SMILES string of the molecule is CCOc1cc(N)cc(Oc2ccc(I)cc2)c1. The molecule has 3 nitrogen and oxygen atoms in total. The first-order valence-electron chi connectivity index (χ1n) is 5.64. The average Bonchev–Trinajstić information content (AvgIpc) is 2.32. The van der Waals surface area contributed by atoms with Gasteiger partial charge in [-0.3, -0.25) is 0 Å². The van der Waals surface area contributed by atoms with E-state index in [1.54, 1.807) is 12.1 Å². The van der Waals surface area contributed by atoms with Crippen molar-refractivity contribution in [3.63, 3.8) is 0 Å². The highest BCUT2D eigenvalue weighted by molar-refractivity contribution is 14.1. The molecule has 0 fully saturated rings. The van der Waals surface area contributed by atoms with Crippen LogP contribution in [0.3, 0.4) is 0 Å². The fourth-order valence-corrected chi connectivity index (χ4v) is 1.90. The minimum Gasteiger partial charge on any atom is -0.494 e. The lowest BCUT2D eigenvalue weighted by Crippen LogP contribution is -1.94. The number of ether oxygens (including phenoxy) is 2. The standard InChI is InChI=1S/C14H14INO2/c1-2-17-13-7-11(16)8-14(9-13)18-12-5-3-10(15)4-6-12/h3-9H,2,16H2,1H3. The first-order valence-corrected chi connectivity index (χ1v) is 6.72. The molecule has 0 saturated heterocycles. The summed E-state index contributed by atoms with van der Waals surface area (Å²) >= 11 is 2.25. The second kappa shape index (κ2) is 5.95. The first-order chi connectivity index (χ1) is 8.67. The summed E-state index contributed by atoms with van der Waals surface area (Å²) in [5.74, 6) is 2.18. The van der Waals surface area contributed by atoms with Gasteiger partial charge in [-0.15, -0.1) is 0 Å². The third-order valence-corrected chi connectivity index (χ3v) is 2.98. The summed E-state index contributed by atoms with van der Waals surface area (Å²) in [6, 6.07) is 13.2. The van der Waals surface area contributed by atoms with Crippen LogP contribution < -0.4 is 15.2 Å². The Labute approximate surface area is 120 Å². The van der Waals surface area contributed by atoms with Gasteiger partial charge in [-0.05, 0) is 53.8 Å². The summed E-state index contributed by atoms with van der Waals surface area (Å²) in [5.41, 5.74) is 6.43. The molecule has 4 heteroatoms. The predicted octanol–water partition coefficient (Wildman–Crippen LogP) is 4.06. The van der Waals surface area contributed by atoms with Gasteiger partial charge in [-0.1, -0.05) is 0 Å². The molecule has 0 radical (unpaired) electrons. The van der Waals surface area contributed by atoms with E-state index in [1.165, 1.54) is 3.57 Å². The summed E-state index contributed by atoms with van der Waals surface area (Å²) in [6.45, 7) is 2.54. The van der Waals surface area contributed by atoms with E-state index < -0.39 is 0 Å². The molecule has 18 heavy (non-hydrogen) atoms. The van der Waals surface area contributed by atoms with Gasteiger partial charge in [-0.2, -0.15) is 0 Å². The number of rotatable bonds is 4. The number of benzene rings is 2. The van der Waals surface area contributed by atoms with Gasteiger partial charge in [0.2, 0.25) is 0 Å². The molecule has 0 aliphatic heterocycles. The van der Waals surface area contributed by atoms with E-state index in [-0.39, 0.29) is 0 Å². The zero-order chi connectivity index (χ0) is 13.0. The Kier molecular flexibility index (Phi) is 4.30. The third kappa shape index (κ3) is 3.53. The normalized spacial score (nSPS) is 10.1. The molecule has 94 valence electrons. The Morgan fingerprint density at radius 2 is 1.67 bits per heavy atom. The van der Waals surface area contributed by atoms with Crippen LogP contribution in [0.2, 0.25) is 0 Å². The van der Waals surface area contributed by atoms with Crippen LogP contribution >= 0.6 is 22.6 Å². The molecular formula is C14H14INO2. The van der Waals surface area contributed by atoms with Gasteiger partial charge in [0.1, 0.15) is 17.2 Å². The zero-order valence-corrected chi connectivity index (χ0v) is 12.2. The van der Waals surface area contributed by atoms with Crippen molar-refractivity contribution in [1.29, 1.82) is 0 Å². The molecule has 0 saturated carbocycles. The third-order valence-electron chi connectivity index (χ3n) is 2.26. The molecule has 0 spiro atoms. The molecule has 0 unspecified atom stereocenters. The Bertz CT molecular complexity index is 526. The maximum atomic E-state index is 5.81. The monoisotopic (exact) mass is 355 g/mol. The van der Waals surface area contributed by atoms with E-state index in [4.69, 9.17) is 15.2 Å². The second-order valence-electron chi connectivity index (χ2n) is 3.73.